The second-order valence-electron chi connectivity index (χ2n) is 4.68. The molecule has 0 aliphatic carbocycles. The fourth-order valence-electron chi connectivity index (χ4n) is 1.81. The zero-order valence-electron chi connectivity index (χ0n) is 12.1. The van der Waals surface area contributed by atoms with Crippen molar-refractivity contribution in [2.45, 2.75) is 25.3 Å². The maximum atomic E-state index is 11.0. The fourth-order valence-corrected chi connectivity index (χ4v) is 1.81. The van der Waals surface area contributed by atoms with Gasteiger partial charge in [0.1, 0.15) is 6.04 Å². The first kappa shape index (κ1) is 16.9. The smallest absolute Gasteiger partial charge is 0.328 e. The van der Waals surface area contributed by atoms with Crippen molar-refractivity contribution in [3.63, 3.8) is 0 Å². The molecular weight excluding hydrogens is 264 g/mol. The minimum absolute atomic E-state index is 0.465. The first-order valence-corrected chi connectivity index (χ1v) is 7.00. The predicted octanol–water partition coefficient (Wildman–Crippen LogP) is 2.69. The minimum Gasteiger partial charge on any atom is -0.480 e. The Labute approximate surface area is 125 Å². The molecule has 3 N–H and O–H groups in total. The minimum atomic E-state index is -0.915. The van der Waals surface area contributed by atoms with E-state index in [0.29, 0.717) is 19.4 Å². The molecule has 1 atom stereocenters. The zero-order chi connectivity index (χ0) is 15.5. The monoisotopic (exact) mass is 286 g/mol. The van der Waals surface area contributed by atoms with Gasteiger partial charge in [0.15, 0.2) is 0 Å². The molecule has 112 valence electrons. The summed E-state index contributed by atoms with van der Waals surface area (Å²) < 4.78 is 0. The molecule has 0 amide bonds. The zero-order valence-corrected chi connectivity index (χ0v) is 12.1. The van der Waals surface area contributed by atoms with Crippen LogP contribution < -0.4 is 5.73 Å². The van der Waals surface area contributed by atoms with E-state index in [0.717, 1.165) is 12.0 Å². The Morgan fingerprint density at radius 2 is 2.10 bits per heavy atom. The lowest BCUT2D eigenvalue weighted by Gasteiger charge is -2.04. The van der Waals surface area contributed by atoms with E-state index in [9.17, 15) is 4.79 Å². The molecule has 0 aliphatic rings. The van der Waals surface area contributed by atoms with Crippen LogP contribution in [0.15, 0.2) is 48.0 Å². The van der Waals surface area contributed by atoms with Gasteiger partial charge in [0.2, 0.25) is 0 Å². The maximum absolute atomic E-state index is 11.0. The maximum Gasteiger partial charge on any atom is 0.328 e. The summed E-state index contributed by atoms with van der Waals surface area (Å²) in [6.45, 7) is 4.18. The van der Waals surface area contributed by atoms with E-state index < -0.39 is 12.0 Å². The second kappa shape index (κ2) is 9.66. The number of aliphatic imine (C=N–C) groups is 1. The van der Waals surface area contributed by atoms with Crippen LogP contribution in [0.25, 0.3) is 6.08 Å². The number of rotatable bonds is 9. The molecule has 0 spiro atoms. The van der Waals surface area contributed by atoms with Crippen LogP contribution in [0.4, 0.5) is 0 Å². The highest BCUT2D eigenvalue weighted by Gasteiger charge is 2.13. The van der Waals surface area contributed by atoms with Gasteiger partial charge in [-0.15, -0.1) is 6.58 Å². The highest BCUT2D eigenvalue weighted by Crippen LogP contribution is 2.07. The second-order valence-corrected chi connectivity index (χ2v) is 4.68. The topological polar surface area (TPSA) is 75.7 Å². The van der Waals surface area contributed by atoms with Gasteiger partial charge in [0.25, 0.3) is 0 Å². The highest BCUT2D eigenvalue weighted by atomic mass is 16.4. The van der Waals surface area contributed by atoms with Gasteiger partial charge in [-0.25, -0.2) is 4.79 Å². The lowest BCUT2D eigenvalue weighted by molar-refractivity contribution is -0.138. The molecule has 4 heteroatoms. The van der Waals surface area contributed by atoms with Crippen LogP contribution in [-0.2, 0) is 11.2 Å². The first-order valence-electron chi connectivity index (χ1n) is 7.00. The molecule has 1 aromatic carbocycles. The van der Waals surface area contributed by atoms with Gasteiger partial charge in [-0.05, 0) is 43.0 Å². The number of carboxylic acid groups (broad SMARTS) is 1. The first-order chi connectivity index (χ1) is 10.2. The number of aliphatic carboxylic acids is 1. The fraction of sp³-hybridized carbons (Fsp3) is 0.294. The molecule has 1 aromatic rings. The molecule has 0 saturated carbocycles. The Morgan fingerprint density at radius 1 is 1.38 bits per heavy atom. The third kappa shape index (κ3) is 6.68. The molecular formula is C17H22N2O2. The van der Waals surface area contributed by atoms with E-state index in [1.54, 1.807) is 6.08 Å². The summed E-state index contributed by atoms with van der Waals surface area (Å²) in [6.07, 6.45) is 9.02. The van der Waals surface area contributed by atoms with Gasteiger partial charge in [-0.3, -0.25) is 4.99 Å². The van der Waals surface area contributed by atoms with Gasteiger partial charge in [-0.2, -0.15) is 0 Å². The Morgan fingerprint density at radius 3 is 2.67 bits per heavy atom. The van der Waals surface area contributed by atoms with Crippen LogP contribution >= 0.6 is 0 Å². The van der Waals surface area contributed by atoms with Crippen molar-refractivity contribution in [3.8, 4) is 0 Å². The molecule has 0 radical (unpaired) electrons. The van der Waals surface area contributed by atoms with E-state index in [1.807, 2.05) is 36.4 Å². The number of nitrogens with zero attached hydrogens (tertiary/aromatic N) is 1. The summed E-state index contributed by atoms with van der Waals surface area (Å²) in [5.74, 6) is -0.915. The van der Waals surface area contributed by atoms with E-state index in [-0.39, 0.29) is 0 Å². The van der Waals surface area contributed by atoms with E-state index in [2.05, 4.69) is 11.6 Å². The van der Waals surface area contributed by atoms with Gasteiger partial charge in [0.05, 0.1) is 0 Å². The van der Waals surface area contributed by atoms with E-state index in [4.69, 9.17) is 10.8 Å². The average molecular weight is 286 g/mol. The lowest BCUT2D eigenvalue weighted by Crippen LogP contribution is -2.19. The molecule has 21 heavy (non-hydrogen) atoms. The van der Waals surface area contributed by atoms with Gasteiger partial charge in [-0.1, -0.05) is 36.4 Å². The predicted molar refractivity (Wildman–Crippen MR) is 87.6 cm³/mol. The third-order valence-electron chi connectivity index (χ3n) is 2.97. The van der Waals surface area contributed by atoms with Crippen LogP contribution in [0.2, 0.25) is 0 Å². The summed E-state index contributed by atoms with van der Waals surface area (Å²) in [5, 5.41) is 9.01. The van der Waals surface area contributed by atoms with Gasteiger partial charge >= 0.3 is 5.97 Å². The van der Waals surface area contributed by atoms with E-state index >= 15 is 0 Å². The number of hydrogen-bond donors (Lipinski definition) is 2. The molecule has 4 nitrogen and oxygen atoms in total. The van der Waals surface area contributed by atoms with Crippen LogP contribution in [0.5, 0.6) is 0 Å². The summed E-state index contributed by atoms with van der Waals surface area (Å²) in [4.78, 5) is 15.0. The number of benzene rings is 1. The van der Waals surface area contributed by atoms with Crippen LogP contribution in [0.1, 0.15) is 24.0 Å². The van der Waals surface area contributed by atoms with Crippen LogP contribution in [-0.4, -0.2) is 29.9 Å². The summed E-state index contributed by atoms with van der Waals surface area (Å²) >= 11 is 0. The van der Waals surface area contributed by atoms with Crippen molar-refractivity contribution in [2.75, 3.05) is 6.54 Å². The molecule has 0 heterocycles. The molecule has 0 aromatic heterocycles. The largest absolute Gasteiger partial charge is 0.480 e. The molecule has 1 unspecified atom stereocenters. The number of hydrogen-bond acceptors (Lipinski definition) is 3. The van der Waals surface area contributed by atoms with Crippen molar-refractivity contribution < 1.29 is 9.90 Å². The highest BCUT2D eigenvalue weighted by molar-refractivity contribution is 5.82. The Balaban J connectivity index is 2.56. The van der Waals surface area contributed by atoms with Crippen molar-refractivity contribution in [1.82, 2.24) is 0 Å². The number of carbonyl (C=O) groups is 1. The summed E-state index contributed by atoms with van der Waals surface area (Å²) in [7, 11) is 0. The quantitative estimate of drug-likeness (QED) is 0.541. The number of allylic oxidation sites excluding steroid dienone is 2. The Bertz CT molecular complexity index is 504. The van der Waals surface area contributed by atoms with Gasteiger partial charge < -0.3 is 10.8 Å². The number of nitrogens with two attached hydrogens (primary N) is 1. The SMILES string of the molecule is C=CCc1ccc(/C=C/C=NC(CCCN)C(=O)O)cc1. The standard InChI is InChI=1S/C17H22N2O2/c1-2-5-14-8-10-15(11-9-14)6-4-13-19-16(17(20)21)7-3-12-18/h2,4,6,8-11,13,16H,1,3,5,7,12,18H2,(H,20,21)/b6-4+,19-13?. The lowest BCUT2D eigenvalue weighted by atomic mass is 10.1. The van der Waals surface area contributed by atoms with Gasteiger partial charge in [0, 0.05) is 6.21 Å². The van der Waals surface area contributed by atoms with Crippen LogP contribution in [0.3, 0.4) is 0 Å². The molecule has 0 aliphatic heterocycles. The third-order valence-corrected chi connectivity index (χ3v) is 2.97. The molecule has 0 saturated heterocycles. The van der Waals surface area contributed by atoms with Crippen molar-refractivity contribution in [3.05, 3.63) is 54.1 Å². The summed E-state index contributed by atoms with van der Waals surface area (Å²) in [6, 6.07) is 7.38. The molecule has 1 rings (SSSR count). The summed E-state index contributed by atoms with van der Waals surface area (Å²) in [5.41, 5.74) is 7.63. The molecule has 0 bridgehead atoms. The number of carboxylic acids is 1. The average Bonchev–Trinajstić information content (AvgIpc) is 2.48. The molecule has 0 fully saturated rings. The normalized spacial score (nSPS) is 12.8. The van der Waals surface area contributed by atoms with Crippen molar-refractivity contribution in [2.24, 2.45) is 10.7 Å². The van der Waals surface area contributed by atoms with Crippen LogP contribution in [0, 0.1) is 0 Å². The Hall–Kier alpha value is -2.20. The van der Waals surface area contributed by atoms with Crippen molar-refractivity contribution >= 4 is 18.3 Å². The van der Waals surface area contributed by atoms with E-state index in [1.165, 1.54) is 11.8 Å². The van der Waals surface area contributed by atoms with Crippen molar-refractivity contribution in [1.29, 1.82) is 0 Å². The Kier molecular flexibility index (Phi) is 7.76.